The lowest BCUT2D eigenvalue weighted by molar-refractivity contribution is -0.137. The van der Waals surface area contributed by atoms with Gasteiger partial charge in [-0.3, -0.25) is 9.59 Å². The molecule has 0 heterocycles. The third-order valence-electron chi connectivity index (χ3n) is 6.17. The zero-order valence-electron chi connectivity index (χ0n) is 23.9. The average Bonchev–Trinajstić information content (AvgIpc) is 2.89. The van der Waals surface area contributed by atoms with Gasteiger partial charge in [-0.05, 0) is 67.6 Å². The Balaban J connectivity index is 0. The van der Waals surface area contributed by atoms with Crippen molar-refractivity contribution in [2.75, 3.05) is 7.05 Å². The molecule has 6 heteroatoms. The van der Waals surface area contributed by atoms with E-state index in [1.165, 1.54) is 19.2 Å². The molecule has 1 unspecified atom stereocenters. The summed E-state index contributed by atoms with van der Waals surface area (Å²) < 4.78 is 27.5. The van der Waals surface area contributed by atoms with Gasteiger partial charge in [-0.1, -0.05) is 78.6 Å². The summed E-state index contributed by atoms with van der Waals surface area (Å²) in [5, 5.41) is 8.24. The maximum Gasteiger partial charge on any atom is 0.303 e. The predicted octanol–water partition coefficient (Wildman–Crippen LogP) is 8.31. The van der Waals surface area contributed by atoms with Crippen molar-refractivity contribution in [2.24, 2.45) is 11.7 Å². The smallest absolute Gasteiger partial charge is 0.303 e. The molecule has 0 amide bonds. The fraction of sp³-hybridized carbons (Fsp3) is 0.548. The van der Waals surface area contributed by atoms with Crippen LogP contribution in [-0.4, -0.2) is 23.9 Å². The number of Topliss-reactive ketones (excluding diaryl/α,β-unsaturated/α-hetero) is 1. The second-order valence-electron chi connectivity index (χ2n) is 8.65. The first-order valence-electron chi connectivity index (χ1n) is 13.5. The quantitative estimate of drug-likeness (QED) is 0.294. The highest BCUT2D eigenvalue weighted by Crippen LogP contribution is 2.43. The van der Waals surface area contributed by atoms with Gasteiger partial charge in [0.1, 0.15) is 17.4 Å². The van der Waals surface area contributed by atoms with Crippen molar-refractivity contribution in [3.8, 4) is 0 Å². The molecule has 2 aromatic rings. The van der Waals surface area contributed by atoms with E-state index in [0.717, 1.165) is 36.8 Å². The maximum absolute atomic E-state index is 13.8. The minimum absolute atomic E-state index is 0.107. The van der Waals surface area contributed by atoms with E-state index in [-0.39, 0.29) is 23.8 Å². The number of carboxylic acid groups (broad SMARTS) is 1. The highest BCUT2D eigenvalue weighted by molar-refractivity contribution is 5.78. The SMILES string of the molecule is CC.CCCC(=O)CCCC(=O)O.CCCC(CC)C(C)(c1cccc(F)c1)c1cccc(F)c1.CN. The Morgan fingerprint density at radius 1 is 0.865 bits per heavy atom. The lowest BCUT2D eigenvalue weighted by Gasteiger charge is -2.39. The van der Waals surface area contributed by atoms with Crippen molar-refractivity contribution in [3.63, 3.8) is 0 Å². The van der Waals surface area contributed by atoms with Gasteiger partial charge in [0.2, 0.25) is 0 Å². The Morgan fingerprint density at radius 3 is 1.70 bits per heavy atom. The third kappa shape index (κ3) is 13.5. The molecule has 4 nitrogen and oxygen atoms in total. The molecule has 0 aromatic heterocycles. The van der Waals surface area contributed by atoms with E-state index in [4.69, 9.17) is 5.11 Å². The molecule has 3 N–H and O–H groups in total. The van der Waals surface area contributed by atoms with E-state index in [2.05, 4.69) is 26.5 Å². The molecule has 0 bridgehead atoms. The second kappa shape index (κ2) is 21.5. The first kappa shape index (κ1) is 36.6. The number of nitrogens with two attached hydrogens (primary N) is 1. The van der Waals surface area contributed by atoms with Gasteiger partial charge in [0.25, 0.3) is 0 Å². The normalized spacial score (nSPS) is 11.0. The molecule has 2 rings (SSSR count). The number of halogens is 2. The fourth-order valence-electron chi connectivity index (χ4n) is 4.35. The number of carbonyl (C=O) groups excluding carboxylic acids is 1. The number of benzene rings is 2. The predicted molar refractivity (Wildman–Crippen MR) is 151 cm³/mol. The van der Waals surface area contributed by atoms with Crippen LogP contribution in [0, 0.1) is 17.6 Å². The molecule has 2 aromatic carbocycles. The van der Waals surface area contributed by atoms with E-state index < -0.39 is 11.4 Å². The summed E-state index contributed by atoms with van der Waals surface area (Å²) in [7, 11) is 1.50. The zero-order chi connectivity index (χ0) is 28.9. The van der Waals surface area contributed by atoms with Crippen molar-refractivity contribution in [2.45, 2.75) is 98.3 Å². The Bertz CT molecular complexity index is 841. The zero-order valence-corrected chi connectivity index (χ0v) is 23.9. The number of carboxylic acids is 1. The van der Waals surface area contributed by atoms with Gasteiger partial charge in [0.05, 0.1) is 0 Å². The van der Waals surface area contributed by atoms with Crippen molar-refractivity contribution in [1.82, 2.24) is 0 Å². The Morgan fingerprint density at radius 2 is 1.35 bits per heavy atom. The highest BCUT2D eigenvalue weighted by atomic mass is 19.1. The number of rotatable bonds is 12. The molecule has 0 spiro atoms. The number of aliphatic carboxylic acids is 1. The summed E-state index contributed by atoms with van der Waals surface area (Å²) in [4.78, 5) is 20.9. The first-order chi connectivity index (χ1) is 17.7. The fourth-order valence-corrected chi connectivity index (χ4v) is 4.35. The number of hydrogen-bond donors (Lipinski definition) is 2. The average molecular weight is 522 g/mol. The van der Waals surface area contributed by atoms with Crippen LogP contribution in [0.25, 0.3) is 0 Å². The summed E-state index contributed by atoms with van der Waals surface area (Å²) >= 11 is 0. The van der Waals surface area contributed by atoms with Gasteiger partial charge in [-0.2, -0.15) is 0 Å². The van der Waals surface area contributed by atoms with Gasteiger partial charge < -0.3 is 10.8 Å². The summed E-state index contributed by atoms with van der Waals surface area (Å²) in [5.41, 5.74) is 5.94. The van der Waals surface area contributed by atoms with Crippen molar-refractivity contribution in [3.05, 3.63) is 71.3 Å². The van der Waals surface area contributed by atoms with Crippen LogP contribution in [0.15, 0.2) is 48.5 Å². The Labute approximate surface area is 223 Å². The van der Waals surface area contributed by atoms with E-state index in [1.54, 1.807) is 24.3 Å². The van der Waals surface area contributed by atoms with Gasteiger partial charge in [-0.25, -0.2) is 8.78 Å². The topological polar surface area (TPSA) is 80.4 Å². The summed E-state index contributed by atoms with van der Waals surface area (Å²) in [6.07, 6.45) is 5.49. The van der Waals surface area contributed by atoms with Gasteiger partial charge in [0.15, 0.2) is 0 Å². The summed E-state index contributed by atoms with van der Waals surface area (Å²) in [6, 6.07) is 13.5. The first-order valence-corrected chi connectivity index (χ1v) is 13.5. The molecule has 0 aliphatic carbocycles. The number of ketones is 1. The van der Waals surface area contributed by atoms with Crippen LogP contribution >= 0.6 is 0 Å². The van der Waals surface area contributed by atoms with Crippen LogP contribution in [-0.2, 0) is 15.0 Å². The van der Waals surface area contributed by atoms with Crippen molar-refractivity contribution < 1.29 is 23.5 Å². The molecule has 37 heavy (non-hydrogen) atoms. The largest absolute Gasteiger partial charge is 0.481 e. The van der Waals surface area contributed by atoms with Gasteiger partial charge in [-0.15, -0.1) is 0 Å². The second-order valence-corrected chi connectivity index (χ2v) is 8.65. The molecular formula is C31H49F2NO3. The minimum Gasteiger partial charge on any atom is -0.481 e. The molecule has 0 saturated heterocycles. The summed E-state index contributed by atoms with van der Waals surface area (Å²) in [6.45, 7) is 12.4. The molecule has 0 aliphatic heterocycles. The lowest BCUT2D eigenvalue weighted by atomic mass is 9.65. The molecule has 0 saturated carbocycles. The molecule has 0 fully saturated rings. The van der Waals surface area contributed by atoms with Crippen LogP contribution in [0.1, 0.15) is 104 Å². The van der Waals surface area contributed by atoms with Crippen LogP contribution in [0.3, 0.4) is 0 Å². The maximum atomic E-state index is 13.8. The van der Waals surface area contributed by atoms with Crippen LogP contribution in [0.5, 0.6) is 0 Å². The van der Waals surface area contributed by atoms with E-state index in [0.29, 0.717) is 25.2 Å². The number of carbonyl (C=O) groups is 2. The van der Waals surface area contributed by atoms with Crippen LogP contribution < -0.4 is 5.73 Å². The molecule has 1 atom stereocenters. The van der Waals surface area contributed by atoms with E-state index in [1.807, 2.05) is 32.9 Å². The monoisotopic (exact) mass is 521 g/mol. The highest BCUT2D eigenvalue weighted by Gasteiger charge is 2.36. The van der Waals surface area contributed by atoms with Gasteiger partial charge >= 0.3 is 5.97 Å². The summed E-state index contributed by atoms with van der Waals surface area (Å²) in [5.74, 6) is -0.804. The third-order valence-corrected chi connectivity index (χ3v) is 6.17. The molecule has 210 valence electrons. The Kier molecular flexibility index (Phi) is 21.2. The van der Waals surface area contributed by atoms with E-state index >= 15 is 0 Å². The van der Waals surface area contributed by atoms with Crippen LogP contribution in [0.2, 0.25) is 0 Å². The molecule has 0 radical (unpaired) electrons. The van der Waals surface area contributed by atoms with Crippen molar-refractivity contribution >= 4 is 11.8 Å². The Hall–Kier alpha value is -2.60. The van der Waals surface area contributed by atoms with Crippen molar-refractivity contribution in [1.29, 1.82) is 0 Å². The lowest BCUT2D eigenvalue weighted by Crippen LogP contribution is -2.33. The molecule has 0 aliphatic rings. The molecular weight excluding hydrogens is 472 g/mol. The van der Waals surface area contributed by atoms with E-state index in [9.17, 15) is 18.4 Å². The van der Waals surface area contributed by atoms with Crippen LogP contribution in [0.4, 0.5) is 8.78 Å². The minimum atomic E-state index is -0.825. The number of hydrogen-bond acceptors (Lipinski definition) is 3. The van der Waals surface area contributed by atoms with Gasteiger partial charge in [0, 0.05) is 24.7 Å². The standard InChI is InChI=1S/C20H24F2.C8H14O3.C2H6.CH5N/c1-4-8-15(5-2)20(3,16-9-6-11-18(21)13-16)17-10-7-12-19(22)14-17;1-2-4-7(9)5-3-6-8(10)11;2*1-2/h6-7,9-15H,4-5,8H2,1-3H3;2-6H2,1H3,(H,10,11);1-2H3;2H2,1H3.